The minimum absolute atomic E-state index is 0.167. The van der Waals surface area contributed by atoms with E-state index < -0.39 is 11.7 Å². The number of hydrogen-bond donors (Lipinski definition) is 0. The summed E-state index contributed by atoms with van der Waals surface area (Å²) in [6, 6.07) is 31.3. The number of amidine groups is 2. The lowest BCUT2D eigenvalue weighted by molar-refractivity contribution is -0.137. The van der Waals surface area contributed by atoms with E-state index >= 15 is 0 Å². The molecule has 3 aliphatic heterocycles. The normalized spacial score (nSPS) is 15.8. The van der Waals surface area contributed by atoms with Crippen LogP contribution in [-0.2, 0) is 6.18 Å². The molecule has 43 heavy (non-hydrogen) atoms. The molecule has 11 heteroatoms. The Balaban J connectivity index is 1.42. The predicted molar refractivity (Wildman–Crippen MR) is 162 cm³/mol. The van der Waals surface area contributed by atoms with Crippen LogP contribution in [0.3, 0.4) is 0 Å². The molecule has 0 unspecified atom stereocenters. The molecule has 8 nitrogen and oxygen atoms in total. The fraction of sp³-hybridized carbons (Fsp3) is 0.0625. The van der Waals surface area contributed by atoms with Crippen molar-refractivity contribution in [1.82, 2.24) is 4.90 Å². The van der Waals surface area contributed by atoms with Crippen LogP contribution in [0.4, 0.5) is 24.5 Å². The average Bonchev–Trinajstić information content (AvgIpc) is 3.02. The molecule has 210 valence electrons. The molecule has 0 atom stereocenters. The van der Waals surface area contributed by atoms with Crippen molar-refractivity contribution in [2.24, 2.45) is 30.0 Å². The van der Waals surface area contributed by atoms with Crippen LogP contribution >= 0.6 is 0 Å². The maximum Gasteiger partial charge on any atom is 0.416 e. The number of aryl methyl sites for hydroxylation is 1. The fourth-order valence-electron chi connectivity index (χ4n) is 4.68. The SMILES string of the molecule is Cc1ccc(N(C2=NC3=NC(c4ccccc4)=NC4=NC(c5ccccc5)=NC(=N2)N43)c2ccc(C(F)(F)F)cc2)cc1. The van der Waals surface area contributed by atoms with Gasteiger partial charge in [-0.05, 0) is 43.3 Å². The lowest BCUT2D eigenvalue weighted by Crippen LogP contribution is -2.49. The lowest BCUT2D eigenvalue weighted by atomic mass is 10.1. The topological polar surface area (TPSA) is 80.6 Å². The van der Waals surface area contributed by atoms with Gasteiger partial charge in [-0.1, -0.05) is 78.4 Å². The van der Waals surface area contributed by atoms with E-state index in [0.29, 0.717) is 29.0 Å². The molecule has 0 N–H and O–H groups in total. The number of hydrogen-bond acceptors (Lipinski definition) is 8. The molecule has 0 aromatic heterocycles. The molecule has 0 saturated heterocycles. The van der Waals surface area contributed by atoms with Gasteiger partial charge < -0.3 is 0 Å². The van der Waals surface area contributed by atoms with Crippen LogP contribution in [0, 0.1) is 6.92 Å². The van der Waals surface area contributed by atoms with E-state index in [1.165, 1.54) is 12.1 Å². The van der Waals surface area contributed by atoms with Gasteiger partial charge in [-0.2, -0.15) is 43.1 Å². The summed E-state index contributed by atoms with van der Waals surface area (Å²) in [6.45, 7) is 1.95. The second-order valence-corrected chi connectivity index (χ2v) is 9.80. The highest BCUT2D eigenvalue weighted by atomic mass is 19.4. The highest BCUT2D eigenvalue weighted by Gasteiger charge is 2.37. The van der Waals surface area contributed by atoms with Crippen LogP contribution in [0.5, 0.6) is 0 Å². The summed E-state index contributed by atoms with van der Waals surface area (Å²) >= 11 is 0. The first kappa shape index (κ1) is 26.2. The highest BCUT2D eigenvalue weighted by Crippen LogP contribution is 2.34. The fourth-order valence-corrected chi connectivity index (χ4v) is 4.68. The van der Waals surface area contributed by atoms with Gasteiger partial charge >= 0.3 is 6.18 Å². The summed E-state index contributed by atoms with van der Waals surface area (Å²) in [4.78, 5) is 31.7. The zero-order valence-corrected chi connectivity index (χ0v) is 22.6. The molecular weight excluding hydrogens is 553 g/mol. The first-order valence-corrected chi connectivity index (χ1v) is 13.3. The zero-order valence-electron chi connectivity index (χ0n) is 22.6. The Morgan fingerprint density at radius 3 is 1.51 bits per heavy atom. The molecule has 4 aromatic rings. The number of alkyl halides is 3. The van der Waals surface area contributed by atoms with Crippen molar-refractivity contribution in [3.63, 3.8) is 0 Å². The summed E-state index contributed by atoms with van der Waals surface area (Å²) in [5, 5.41) is 0. The zero-order chi connectivity index (χ0) is 29.6. The van der Waals surface area contributed by atoms with Crippen molar-refractivity contribution >= 4 is 46.9 Å². The summed E-state index contributed by atoms with van der Waals surface area (Å²) in [5.41, 5.74) is 2.87. The van der Waals surface area contributed by atoms with E-state index in [4.69, 9.17) is 30.0 Å². The van der Waals surface area contributed by atoms with Crippen LogP contribution in [0.15, 0.2) is 139 Å². The van der Waals surface area contributed by atoms with E-state index in [-0.39, 0.29) is 17.9 Å². The van der Waals surface area contributed by atoms with Crippen LogP contribution in [0.25, 0.3) is 0 Å². The van der Waals surface area contributed by atoms with Crippen LogP contribution in [0.2, 0.25) is 0 Å². The van der Waals surface area contributed by atoms with E-state index in [1.807, 2.05) is 91.9 Å². The molecule has 0 aliphatic carbocycles. The number of anilines is 2. The third-order valence-corrected chi connectivity index (χ3v) is 6.83. The standard InChI is InChI=1S/C32H21F3N8/c1-20-12-16-24(17-13-20)42(25-18-14-23(15-19-25)32(33,34)35)31-40-29-38-26(21-8-4-2-5-9-21)36-28-37-27(22-10-6-3-7-11-22)39-30(41-31)43(28)29/h2-19H,1H3. The van der Waals surface area contributed by atoms with Gasteiger partial charge in [-0.3, -0.25) is 4.90 Å². The van der Waals surface area contributed by atoms with E-state index in [9.17, 15) is 13.2 Å². The van der Waals surface area contributed by atoms with Gasteiger partial charge in [-0.25, -0.2) is 4.90 Å². The summed E-state index contributed by atoms with van der Waals surface area (Å²) in [5.74, 6) is 1.73. The lowest BCUT2D eigenvalue weighted by Gasteiger charge is -2.33. The summed E-state index contributed by atoms with van der Waals surface area (Å²) < 4.78 is 40.2. The second-order valence-electron chi connectivity index (χ2n) is 9.80. The minimum atomic E-state index is -4.47. The number of halogens is 3. The molecule has 0 radical (unpaired) electrons. The van der Waals surface area contributed by atoms with Gasteiger partial charge in [0.1, 0.15) is 0 Å². The molecule has 0 amide bonds. The summed E-state index contributed by atoms with van der Waals surface area (Å²) in [7, 11) is 0. The first-order chi connectivity index (χ1) is 20.8. The number of nitrogens with zero attached hydrogens (tertiary/aromatic N) is 8. The molecule has 3 heterocycles. The number of guanidine groups is 4. The Bertz CT molecular complexity index is 1850. The van der Waals surface area contributed by atoms with Crippen molar-refractivity contribution < 1.29 is 13.2 Å². The molecule has 0 bridgehead atoms. The van der Waals surface area contributed by atoms with Gasteiger partial charge in [0.15, 0.2) is 11.7 Å². The third kappa shape index (κ3) is 5.01. The quantitative estimate of drug-likeness (QED) is 0.268. The number of aliphatic imine (C=N–C) groups is 6. The largest absolute Gasteiger partial charge is 0.416 e. The maximum atomic E-state index is 13.4. The smallest absolute Gasteiger partial charge is 0.279 e. The molecule has 3 aliphatic rings. The third-order valence-electron chi connectivity index (χ3n) is 6.83. The molecule has 0 spiro atoms. The first-order valence-electron chi connectivity index (χ1n) is 13.3. The number of rotatable bonds is 4. The van der Waals surface area contributed by atoms with Crippen molar-refractivity contribution in [2.75, 3.05) is 4.90 Å². The molecule has 0 fully saturated rings. The Morgan fingerprint density at radius 1 is 0.535 bits per heavy atom. The highest BCUT2D eigenvalue weighted by molar-refractivity contribution is 6.34. The Labute approximate surface area is 244 Å². The van der Waals surface area contributed by atoms with E-state index in [1.54, 1.807) is 9.80 Å². The van der Waals surface area contributed by atoms with Gasteiger partial charge in [0.25, 0.3) is 0 Å². The van der Waals surface area contributed by atoms with Crippen LogP contribution < -0.4 is 4.90 Å². The van der Waals surface area contributed by atoms with Crippen LogP contribution in [0.1, 0.15) is 22.3 Å². The number of benzene rings is 4. The van der Waals surface area contributed by atoms with E-state index in [0.717, 1.165) is 28.8 Å². The Hall–Kier alpha value is -5.71. The van der Waals surface area contributed by atoms with Gasteiger partial charge in [-0.15, -0.1) is 0 Å². The molecular formula is C32H21F3N8. The van der Waals surface area contributed by atoms with Crippen molar-refractivity contribution in [3.05, 3.63) is 131 Å². The van der Waals surface area contributed by atoms with Crippen molar-refractivity contribution in [1.29, 1.82) is 0 Å². The predicted octanol–water partition coefficient (Wildman–Crippen LogP) is 6.81. The van der Waals surface area contributed by atoms with Gasteiger partial charge in [0.2, 0.25) is 23.8 Å². The second kappa shape index (κ2) is 10.3. The monoisotopic (exact) mass is 574 g/mol. The Morgan fingerprint density at radius 2 is 1.00 bits per heavy atom. The Kier molecular flexibility index (Phi) is 6.27. The molecule has 4 aromatic carbocycles. The van der Waals surface area contributed by atoms with Crippen LogP contribution in [-0.4, -0.2) is 40.4 Å². The van der Waals surface area contributed by atoms with E-state index in [2.05, 4.69) is 0 Å². The van der Waals surface area contributed by atoms with Gasteiger partial charge in [0.05, 0.1) is 5.56 Å². The molecule has 0 saturated carbocycles. The average molecular weight is 575 g/mol. The minimum Gasteiger partial charge on any atom is -0.279 e. The maximum absolute atomic E-state index is 13.4. The van der Waals surface area contributed by atoms with Crippen molar-refractivity contribution in [3.8, 4) is 0 Å². The van der Waals surface area contributed by atoms with Gasteiger partial charge in [0, 0.05) is 22.5 Å². The summed E-state index contributed by atoms with van der Waals surface area (Å²) in [6.07, 6.45) is -4.47. The molecule has 7 rings (SSSR count). The van der Waals surface area contributed by atoms with Crippen molar-refractivity contribution in [2.45, 2.75) is 13.1 Å².